The summed E-state index contributed by atoms with van der Waals surface area (Å²) >= 11 is 0. The number of hydrogen-bond donors (Lipinski definition) is 4. The molecular weight excluding hydrogens is 270 g/mol. The van der Waals surface area contributed by atoms with Gasteiger partial charge in [-0.1, -0.05) is 19.3 Å². The van der Waals surface area contributed by atoms with Crippen molar-refractivity contribution in [3.63, 3.8) is 0 Å². The topological polar surface area (TPSA) is 107 Å². The van der Waals surface area contributed by atoms with Gasteiger partial charge in [0.05, 0.1) is 6.67 Å². The van der Waals surface area contributed by atoms with Gasteiger partial charge < -0.3 is 21.1 Å². The molecule has 0 radical (unpaired) electrons. The molecule has 1 saturated carbocycles. The van der Waals surface area contributed by atoms with Crippen LogP contribution in [-0.4, -0.2) is 34.9 Å². The van der Waals surface area contributed by atoms with E-state index < -0.39 is 0 Å². The van der Waals surface area contributed by atoms with Gasteiger partial charge in [-0.15, -0.1) is 0 Å². The first-order chi connectivity index (χ1) is 10.2. The molecule has 0 amide bonds. The van der Waals surface area contributed by atoms with Crippen LogP contribution in [0, 0.1) is 11.8 Å². The zero-order valence-corrected chi connectivity index (χ0v) is 12.1. The van der Waals surface area contributed by atoms with Gasteiger partial charge >= 0.3 is 0 Å². The first-order valence-corrected chi connectivity index (χ1v) is 7.68. The molecule has 7 nitrogen and oxygen atoms in total. The highest BCUT2D eigenvalue weighted by molar-refractivity contribution is 5.70. The highest BCUT2D eigenvalue weighted by Crippen LogP contribution is 2.33. The van der Waals surface area contributed by atoms with Crippen LogP contribution in [0.25, 0.3) is 0 Å². The van der Waals surface area contributed by atoms with Crippen molar-refractivity contribution < 1.29 is 5.11 Å². The number of nitrogens with one attached hydrogen (secondary N) is 2. The monoisotopic (exact) mass is 293 g/mol. The van der Waals surface area contributed by atoms with E-state index in [-0.39, 0.29) is 18.1 Å². The Balaban J connectivity index is 1.79. The standard InChI is InChI=1S/C14H23N5O2/c15-14-17-12-11(13(21)18-14)16-8-19(12)6-9-4-2-1-3-5-10(9)7-20/h9-10,16,20H,1-8H2,(H3,15,17,18,21). The minimum Gasteiger partial charge on any atom is -0.396 e. The Kier molecular flexibility index (Phi) is 4.01. The molecule has 7 heteroatoms. The number of aromatic amines is 1. The largest absolute Gasteiger partial charge is 0.396 e. The van der Waals surface area contributed by atoms with Crippen molar-refractivity contribution in [1.82, 2.24) is 9.97 Å². The fourth-order valence-corrected chi connectivity index (χ4v) is 3.49. The van der Waals surface area contributed by atoms with Crippen LogP contribution in [0.1, 0.15) is 32.1 Å². The van der Waals surface area contributed by atoms with Gasteiger partial charge in [0.1, 0.15) is 5.69 Å². The van der Waals surface area contributed by atoms with E-state index in [9.17, 15) is 9.90 Å². The molecular formula is C14H23N5O2. The number of nitrogens with zero attached hydrogens (tertiary/aromatic N) is 2. The lowest BCUT2D eigenvalue weighted by molar-refractivity contribution is 0.169. The van der Waals surface area contributed by atoms with E-state index in [4.69, 9.17) is 5.73 Å². The number of nitrogen functional groups attached to an aromatic ring is 1. The highest BCUT2D eigenvalue weighted by Gasteiger charge is 2.30. The van der Waals surface area contributed by atoms with Crippen LogP contribution in [0.3, 0.4) is 0 Å². The van der Waals surface area contributed by atoms with E-state index in [1.807, 2.05) is 0 Å². The van der Waals surface area contributed by atoms with Gasteiger partial charge in [0.25, 0.3) is 5.56 Å². The Labute approximate surface area is 123 Å². The molecule has 3 rings (SSSR count). The third kappa shape index (κ3) is 2.83. The van der Waals surface area contributed by atoms with E-state index in [1.165, 1.54) is 19.3 Å². The molecule has 0 saturated heterocycles. The molecule has 1 aliphatic carbocycles. The summed E-state index contributed by atoms with van der Waals surface area (Å²) in [5.74, 6) is 1.56. The van der Waals surface area contributed by atoms with Crippen molar-refractivity contribution in [1.29, 1.82) is 0 Å². The van der Waals surface area contributed by atoms with E-state index in [2.05, 4.69) is 20.2 Å². The van der Waals surface area contributed by atoms with Crippen LogP contribution in [0.4, 0.5) is 17.5 Å². The lowest BCUT2D eigenvalue weighted by atomic mass is 9.88. The molecule has 5 N–H and O–H groups in total. The molecule has 2 heterocycles. The van der Waals surface area contributed by atoms with Gasteiger partial charge in [-0.3, -0.25) is 9.78 Å². The molecule has 1 aliphatic heterocycles. The predicted octanol–water partition coefficient (Wildman–Crippen LogP) is 0.730. The van der Waals surface area contributed by atoms with Crippen molar-refractivity contribution in [2.75, 3.05) is 35.8 Å². The Morgan fingerprint density at radius 2 is 2.05 bits per heavy atom. The van der Waals surface area contributed by atoms with Crippen molar-refractivity contribution in [2.24, 2.45) is 11.8 Å². The summed E-state index contributed by atoms with van der Waals surface area (Å²) in [7, 11) is 0. The van der Waals surface area contributed by atoms with Crippen molar-refractivity contribution in [3.8, 4) is 0 Å². The summed E-state index contributed by atoms with van der Waals surface area (Å²) in [6.45, 7) is 1.62. The predicted molar refractivity (Wildman–Crippen MR) is 82.3 cm³/mol. The number of fused-ring (bicyclic) bond motifs is 1. The Bertz CT molecular complexity index is 559. The quantitative estimate of drug-likeness (QED) is 0.612. The maximum Gasteiger partial charge on any atom is 0.277 e. The second-order valence-electron chi connectivity index (χ2n) is 6.05. The van der Waals surface area contributed by atoms with Gasteiger partial charge in [0.15, 0.2) is 5.82 Å². The summed E-state index contributed by atoms with van der Waals surface area (Å²) in [6.07, 6.45) is 5.85. The minimum absolute atomic E-state index is 0.145. The van der Waals surface area contributed by atoms with Crippen LogP contribution < -0.4 is 21.5 Å². The molecule has 1 aromatic heterocycles. The third-order valence-corrected chi connectivity index (χ3v) is 4.67. The number of aromatic nitrogens is 2. The number of H-pyrrole nitrogens is 1. The Morgan fingerprint density at radius 1 is 1.29 bits per heavy atom. The van der Waals surface area contributed by atoms with Gasteiger partial charge in [-0.05, 0) is 24.7 Å². The number of aliphatic hydroxyl groups is 1. The highest BCUT2D eigenvalue weighted by atomic mass is 16.3. The lowest BCUT2D eigenvalue weighted by Gasteiger charge is -2.28. The summed E-state index contributed by atoms with van der Waals surface area (Å²) in [5, 5.41) is 12.7. The lowest BCUT2D eigenvalue weighted by Crippen LogP contribution is -2.34. The summed E-state index contributed by atoms with van der Waals surface area (Å²) in [4.78, 5) is 20.7. The molecule has 1 fully saturated rings. The first-order valence-electron chi connectivity index (χ1n) is 7.68. The smallest absolute Gasteiger partial charge is 0.277 e. The van der Waals surface area contributed by atoms with Gasteiger partial charge in [0.2, 0.25) is 5.95 Å². The maximum absolute atomic E-state index is 11.8. The molecule has 1 aromatic rings. The average Bonchev–Trinajstić information content (AvgIpc) is 2.71. The van der Waals surface area contributed by atoms with E-state index in [0.29, 0.717) is 30.0 Å². The fraction of sp³-hybridized carbons (Fsp3) is 0.714. The molecule has 116 valence electrons. The fourth-order valence-electron chi connectivity index (χ4n) is 3.49. The zero-order valence-electron chi connectivity index (χ0n) is 12.1. The molecule has 21 heavy (non-hydrogen) atoms. The van der Waals surface area contributed by atoms with E-state index >= 15 is 0 Å². The molecule has 2 unspecified atom stereocenters. The van der Waals surface area contributed by atoms with E-state index in [1.54, 1.807) is 0 Å². The van der Waals surface area contributed by atoms with Gasteiger partial charge in [0, 0.05) is 13.2 Å². The van der Waals surface area contributed by atoms with Crippen LogP contribution in [0.5, 0.6) is 0 Å². The van der Waals surface area contributed by atoms with Crippen LogP contribution >= 0.6 is 0 Å². The number of aliphatic hydroxyl groups excluding tert-OH is 1. The molecule has 0 spiro atoms. The number of rotatable bonds is 3. The number of nitrogens with two attached hydrogens (primary N) is 1. The normalized spacial score (nSPS) is 25.3. The van der Waals surface area contributed by atoms with Crippen LogP contribution in [0.2, 0.25) is 0 Å². The van der Waals surface area contributed by atoms with Gasteiger partial charge in [-0.25, -0.2) is 0 Å². The van der Waals surface area contributed by atoms with E-state index in [0.717, 1.165) is 19.4 Å². The Hall–Kier alpha value is -1.76. The summed E-state index contributed by atoms with van der Waals surface area (Å²) < 4.78 is 0. The second-order valence-corrected chi connectivity index (χ2v) is 6.05. The molecule has 2 atom stereocenters. The summed E-state index contributed by atoms with van der Waals surface area (Å²) in [6, 6.07) is 0. The van der Waals surface area contributed by atoms with Crippen LogP contribution in [0.15, 0.2) is 4.79 Å². The van der Waals surface area contributed by atoms with Crippen molar-refractivity contribution in [2.45, 2.75) is 32.1 Å². The van der Waals surface area contributed by atoms with Crippen molar-refractivity contribution >= 4 is 17.5 Å². The third-order valence-electron chi connectivity index (χ3n) is 4.67. The Morgan fingerprint density at radius 3 is 2.81 bits per heavy atom. The van der Waals surface area contributed by atoms with Gasteiger partial charge in [-0.2, -0.15) is 4.98 Å². The number of anilines is 3. The molecule has 2 aliphatic rings. The second kappa shape index (κ2) is 5.93. The molecule has 0 bridgehead atoms. The maximum atomic E-state index is 11.8. The first kappa shape index (κ1) is 14.2. The zero-order chi connectivity index (χ0) is 14.8. The average molecular weight is 293 g/mol. The number of hydrogen-bond acceptors (Lipinski definition) is 6. The van der Waals surface area contributed by atoms with Crippen molar-refractivity contribution in [3.05, 3.63) is 10.4 Å². The van der Waals surface area contributed by atoms with Crippen LogP contribution in [-0.2, 0) is 0 Å². The molecule has 0 aromatic carbocycles. The summed E-state index contributed by atoms with van der Waals surface area (Å²) in [5.41, 5.74) is 5.92. The SMILES string of the molecule is Nc1nc2c(c(=O)[nH]1)NCN2CC1CCCCCC1CO. The minimum atomic E-state index is -0.223.